The fourth-order valence-electron chi connectivity index (χ4n) is 6.05. The predicted molar refractivity (Wildman–Crippen MR) is 169 cm³/mol. The summed E-state index contributed by atoms with van der Waals surface area (Å²) in [5.74, 6) is -1.86. The highest BCUT2D eigenvalue weighted by atomic mass is 32.1. The van der Waals surface area contributed by atoms with Gasteiger partial charge in [-0.15, -0.1) is 11.3 Å². The Morgan fingerprint density at radius 2 is 2.00 bits per heavy atom. The van der Waals surface area contributed by atoms with Gasteiger partial charge in [-0.05, 0) is 36.6 Å². The Balaban J connectivity index is 1.52. The molecule has 1 N–H and O–H groups in total. The number of ether oxygens (including phenoxy) is 1. The molecule has 7 rings (SSSR count). The first-order valence-corrected chi connectivity index (χ1v) is 15.2. The largest absolute Gasteiger partial charge is 0.490 e. The number of carbonyl (C=O) groups excluding carboxylic acids is 1. The van der Waals surface area contributed by atoms with E-state index in [1.54, 1.807) is 15.8 Å². The standard InChI is InChI=1S/C33H28F2N6O3S/c1-4-28(43)40-8-9-41-25(18(40)2)16-24(38-41)32-30(29-23(35)14-21(34)15-27(29)44-11-10-42)33-22(7-12-45-33)31(37-32)19-5-6-20-17-36-39(3)26(20)13-19/h4-7,12-18,42H,1,8-11H2,2-3H3/t18-/m1/s1. The smallest absolute Gasteiger partial charge is 0.246 e. The van der Waals surface area contributed by atoms with Crippen LogP contribution in [-0.2, 0) is 18.4 Å². The van der Waals surface area contributed by atoms with Crippen LogP contribution in [0.5, 0.6) is 5.75 Å². The lowest BCUT2D eigenvalue weighted by Crippen LogP contribution is -2.40. The zero-order valence-corrected chi connectivity index (χ0v) is 25.3. The topological polar surface area (TPSA) is 98.3 Å². The zero-order chi connectivity index (χ0) is 31.4. The van der Waals surface area contributed by atoms with Crippen molar-refractivity contribution < 1.29 is 23.4 Å². The number of benzene rings is 2. The van der Waals surface area contributed by atoms with Gasteiger partial charge in [0, 0.05) is 52.3 Å². The molecule has 45 heavy (non-hydrogen) atoms. The molecule has 1 aliphatic rings. The molecule has 0 saturated heterocycles. The first-order chi connectivity index (χ1) is 21.8. The quantitative estimate of drug-likeness (QED) is 0.215. The molecule has 1 aliphatic heterocycles. The number of thiophene rings is 1. The summed E-state index contributed by atoms with van der Waals surface area (Å²) in [6.45, 7) is 5.97. The number of aryl methyl sites for hydroxylation is 1. The molecule has 12 heteroatoms. The van der Waals surface area contributed by atoms with Gasteiger partial charge in [0.1, 0.15) is 35.4 Å². The summed E-state index contributed by atoms with van der Waals surface area (Å²) in [5, 5.41) is 22.4. The normalized spacial score (nSPS) is 14.7. The molecule has 6 aromatic rings. The number of pyridine rings is 1. The van der Waals surface area contributed by atoms with E-state index in [-0.39, 0.29) is 36.5 Å². The minimum atomic E-state index is -0.829. The Labute approximate surface area is 260 Å². The fraction of sp³-hybridized carbons (Fsp3) is 0.212. The van der Waals surface area contributed by atoms with E-state index in [4.69, 9.17) is 14.8 Å². The highest BCUT2D eigenvalue weighted by molar-refractivity contribution is 7.18. The molecule has 1 amide bonds. The molecule has 4 aromatic heterocycles. The summed E-state index contributed by atoms with van der Waals surface area (Å²) in [4.78, 5) is 19.5. The highest BCUT2D eigenvalue weighted by Gasteiger charge is 2.31. The fourth-order valence-corrected chi connectivity index (χ4v) is 7.00. The lowest BCUT2D eigenvalue weighted by atomic mass is 9.96. The van der Waals surface area contributed by atoms with Gasteiger partial charge in [-0.3, -0.25) is 14.2 Å². The number of halogens is 2. The monoisotopic (exact) mass is 626 g/mol. The molecule has 1 atom stereocenters. The second-order valence-electron chi connectivity index (χ2n) is 10.8. The minimum Gasteiger partial charge on any atom is -0.490 e. The van der Waals surface area contributed by atoms with Crippen LogP contribution in [0.3, 0.4) is 0 Å². The van der Waals surface area contributed by atoms with E-state index in [0.29, 0.717) is 40.4 Å². The van der Waals surface area contributed by atoms with E-state index in [1.807, 2.05) is 54.4 Å². The number of hydrogen-bond acceptors (Lipinski definition) is 7. The van der Waals surface area contributed by atoms with E-state index in [0.717, 1.165) is 39.7 Å². The average molecular weight is 627 g/mol. The molecule has 9 nitrogen and oxygen atoms in total. The number of carbonyl (C=O) groups is 1. The van der Waals surface area contributed by atoms with Gasteiger partial charge in [0.2, 0.25) is 5.91 Å². The van der Waals surface area contributed by atoms with Crippen LogP contribution < -0.4 is 4.74 Å². The molecule has 228 valence electrons. The van der Waals surface area contributed by atoms with Gasteiger partial charge < -0.3 is 14.7 Å². The van der Waals surface area contributed by atoms with Crippen molar-refractivity contribution in [2.75, 3.05) is 19.8 Å². The highest BCUT2D eigenvalue weighted by Crippen LogP contribution is 2.47. The number of amides is 1. The second kappa shape index (κ2) is 11.2. The summed E-state index contributed by atoms with van der Waals surface area (Å²) < 4.78 is 40.5. The molecule has 0 spiro atoms. The van der Waals surface area contributed by atoms with Crippen LogP contribution >= 0.6 is 11.3 Å². The maximum absolute atomic E-state index is 15.9. The van der Waals surface area contributed by atoms with Crippen molar-refractivity contribution in [3.05, 3.63) is 84.0 Å². The van der Waals surface area contributed by atoms with E-state index >= 15 is 4.39 Å². The first kappa shape index (κ1) is 28.8. The Kier molecular flexibility index (Phi) is 7.17. The lowest BCUT2D eigenvalue weighted by molar-refractivity contribution is -0.129. The molecule has 0 bridgehead atoms. The number of nitrogens with zero attached hydrogens (tertiary/aromatic N) is 6. The van der Waals surface area contributed by atoms with Crippen molar-refractivity contribution in [2.24, 2.45) is 7.05 Å². The molecule has 0 fully saturated rings. The SMILES string of the molecule is C=CC(=O)N1CCn2nc(-c3nc(-c4ccc5cnn(C)c5c4)c4ccsc4c3-c3c(F)cc(F)cc3OCCO)cc2[C@H]1C. The van der Waals surface area contributed by atoms with Crippen LogP contribution in [0.4, 0.5) is 8.78 Å². The second-order valence-corrected chi connectivity index (χ2v) is 11.7. The van der Waals surface area contributed by atoms with Gasteiger partial charge in [0.15, 0.2) is 0 Å². The van der Waals surface area contributed by atoms with E-state index < -0.39 is 11.6 Å². The third-order valence-corrected chi connectivity index (χ3v) is 9.14. The van der Waals surface area contributed by atoms with Crippen LogP contribution in [0.1, 0.15) is 18.7 Å². The van der Waals surface area contributed by atoms with Crippen molar-refractivity contribution in [2.45, 2.75) is 19.5 Å². The predicted octanol–water partition coefficient (Wildman–Crippen LogP) is 6.12. The summed E-state index contributed by atoms with van der Waals surface area (Å²) in [5.41, 5.74) is 4.48. The molecule has 0 aliphatic carbocycles. The van der Waals surface area contributed by atoms with Crippen molar-refractivity contribution >= 4 is 38.2 Å². The number of aliphatic hydroxyl groups excluding tert-OH is 1. The maximum atomic E-state index is 15.9. The summed E-state index contributed by atoms with van der Waals surface area (Å²) in [6.07, 6.45) is 3.09. The Bertz CT molecular complexity index is 2130. The van der Waals surface area contributed by atoms with Crippen molar-refractivity contribution in [1.82, 2.24) is 29.4 Å². The third kappa shape index (κ3) is 4.77. The molecule has 0 saturated carbocycles. The van der Waals surface area contributed by atoms with Gasteiger partial charge in [-0.1, -0.05) is 18.7 Å². The van der Waals surface area contributed by atoms with Crippen LogP contribution in [-0.4, -0.2) is 60.2 Å². The van der Waals surface area contributed by atoms with Crippen molar-refractivity contribution in [3.63, 3.8) is 0 Å². The first-order valence-electron chi connectivity index (χ1n) is 14.4. The minimum absolute atomic E-state index is 0.0240. The Morgan fingerprint density at radius 1 is 1.16 bits per heavy atom. The summed E-state index contributed by atoms with van der Waals surface area (Å²) >= 11 is 1.40. The van der Waals surface area contributed by atoms with Crippen molar-refractivity contribution in [1.29, 1.82) is 0 Å². The number of aromatic nitrogens is 5. The number of rotatable bonds is 7. The summed E-state index contributed by atoms with van der Waals surface area (Å²) in [7, 11) is 1.87. The Hall–Kier alpha value is -4.94. The lowest BCUT2D eigenvalue weighted by Gasteiger charge is -2.33. The third-order valence-electron chi connectivity index (χ3n) is 8.21. The van der Waals surface area contributed by atoms with Crippen LogP contribution in [0.25, 0.3) is 54.8 Å². The van der Waals surface area contributed by atoms with Gasteiger partial charge >= 0.3 is 0 Å². The van der Waals surface area contributed by atoms with Crippen LogP contribution in [0.15, 0.2) is 66.7 Å². The molecular formula is C33H28F2N6O3S. The average Bonchev–Trinajstić information content (AvgIpc) is 3.78. The summed E-state index contributed by atoms with van der Waals surface area (Å²) in [6, 6.07) is 11.4. The molecule has 0 radical (unpaired) electrons. The zero-order valence-electron chi connectivity index (χ0n) is 24.5. The molecule has 5 heterocycles. The van der Waals surface area contributed by atoms with Gasteiger partial charge in [0.25, 0.3) is 0 Å². The van der Waals surface area contributed by atoms with Crippen LogP contribution in [0, 0.1) is 11.6 Å². The number of aliphatic hydroxyl groups is 1. The van der Waals surface area contributed by atoms with Gasteiger partial charge in [0.05, 0.1) is 47.9 Å². The van der Waals surface area contributed by atoms with E-state index in [2.05, 4.69) is 11.7 Å². The molecule has 2 aromatic carbocycles. The number of fused-ring (bicyclic) bond motifs is 3. The maximum Gasteiger partial charge on any atom is 0.246 e. The van der Waals surface area contributed by atoms with Crippen molar-refractivity contribution in [3.8, 4) is 39.5 Å². The number of hydrogen-bond donors (Lipinski definition) is 1. The van der Waals surface area contributed by atoms with E-state index in [1.165, 1.54) is 17.4 Å². The van der Waals surface area contributed by atoms with Gasteiger partial charge in [-0.25, -0.2) is 13.8 Å². The van der Waals surface area contributed by atoms with Gasteiger partial charge in [-0.2, -0.15) is 10.2 Å². The van der Waals surface area contributed by atoms with E-state index in [9.17, 15) is 14.3 Å². The Morgan fingerprint density at radius 3 is 2.80 bits per heavy atom. The molecular weight excluding hydrogens is 598 g/mol. The van der Waals surface area contributed by atoms with Crippen LogP contribution in [0.2, 0.25) is 0 Å². The molecule has 0 unspecified atom stereocenters.